The Bertz CT molecular complexity index is 575. The summed E-state index contributed by atoms with van der Waals surface area (Å²) in [7, 11) is 0. The van der Waals surface area contributed by atoms with E-state index in [1.807, 2.05) is 20.8 Å². The van der Waals surface area contributed by atoms with Gasteiger partial charge in [0.05, 0.1) is 12.1 Å². The van der Waals surface area contributed by atoms with Crippen molar-refractivity contribution in [2.24, 2.45) is 0 Å². The van der Waals surface area contributed by atoms with Crippen LogP contribution in [0.2, 0.25) is 0 Å². The van der Waals surface area contributed by atoms with Gasteiger partial charge in [-0.2, -0.15) is 13.2 Å². The zero-order valence-electron chi connectivity index (χ0n) is 14.3. The predicted octanol–water partition coefficient (Wildman–Crippen LogP) is 3.23. The second kappa shape index (κ2) is 7.68. The van der Waals surface area contributed by atoms with Crippen LogP contribution >= 0.6 is 0 Å². The Morgan fingerprint density at radius 2 is 1.58 bits per heavy atom. The third-order valence-electron chi connectivity index (χ3n) is 3.26. The molecule has 4 nitrogen and oxygen atoms in total. The Hall–Kier alpha value is -2.05. The van der Waals surface area contributed by atoms with E-state index in [9.17, 15) is 22.8 Å². The molecule has 1 aromatic rings. The largest absolute Gasteiger partial charge is 0.416 e. The van der Waals surface area contributed by atoms with Crippen molar-refractivity contribution in [2.45, 2.75) is 51.7 Å². The lowest BCUT2D eigenvalue weighted by atomic mass is 9.96. The first-order valence-corrected chi connectivity index (χ1v) is 7.63. The first-order chi connectivity index (χ1) is 10.9. The molecule has 0 radical (unpaired) electrons. The molecule has 0 aliphatic carbocycles. The van der Waals surface area contributed by atoms with Gasteiger partial charge < -0.3 is 10.6 Å². The van der Waals surface area contributed by atoms with Crippen LogP contribution in [0.15, 0.2) is 24.3 Å². The number of hydrogen-bond acceptors (Lipinski definition) is 2. The van der Waals surface area contributed by atoms with Crippen LogP contribution in [-0.4, -0.2) is 23.9 Å². The summed E-state index contributed by atoms with van der Waals surface area (Å²) in [6.07, 6.45) is -4.28. The number of carbonyl (C=O) groups excluding carboxylic acids is 2. The van der Waals surface area contributed by atoms with Crippen molar-refractivity contribution in [2.75, 3.05) is 6.54 Å². The number of alkyl halides is 3. The number of rotatable bonds is 5. The van der Waals surface area contributed by atoms with E-state index < -0.39 is 11.7 Å². The molecule has 0 saturated carbocycles. The summed E-state index contributed by atoms with van der Waals surface area (Å²) in [4.78, 5) is 23.5. The summed E-state index contributed by atoms with van der Waals surface area (Å²) in [6, 6.07) is 4.74. The van der Waals surface area contributed by atoms with Crippen LogP contribution in [0, 0.1) is 0 Å². The predicted molar refractivity (Wildman–Crippen MR) is 85.4 cm³/mol. The van der Waals surface area contributed by atoms with Crippen molar-refractivity contribution in [1.82, 2.24) is 10.6 Å². The van der Waals surface area contributed by atoms with Crippen molar-refractivity contribution < 1.29 is 22.8 Å². The summed E-state index contributed by atoms with van der Waals surface area (Å²) >= 11 is 0. The number of hydrogen-bond donors (Lipinski definition) is 2. The van der Waals surface area contributed by atoms with Crippen LogP contribution < -0.4 is 10.6 Å². The Labute approximate surface area is 139 Å². The van der Waals surface area contributed by atoms with Crippen LogP contribution in [0.4, 0.5) is 13.2 Å². The van der Waals surface area contributed by atoms with Gasteiger partial charge in [0.25, 0.3) is 0 Å². The fraction of sp³-hybridized carbons (Fsp3) is 0.529. The first kappa shape index (κ1) is 20.0. The molecule has 0 bridgehead atoms. The molecule has 1 atom stereocenters. The maximum Gasteiger partial charge on any atom is 0.416 e. The summed E-state index contributed by atoms with van der Waals surface area (Å²) in [6.45, 7) is 7.12. The highest BCUT2D eigenvalue weighted by molar-refractivity contribution is 5.85. The molecule has 0 aliphatic heterocycles. The van der Waals surface area contributed by atoms with Crippen molar-refractivity contribution in [3.8, 4) is 0 Å². The zero-order valence-corrected chi connectivity index (χ0v) is 14.3. The summed E-state index contributed by atoms with van der Waals surface area (Å²) in [5.41, 5.74) is -0.464. The molecule has 0 fully saturated rings. The lowest BCUT2D eigenvalue weighted by Crippen LogP contribution is -2.45. The molecule has 0 aliphatic rings. The lowest BCUT2D eigenvalue weighted by molar-refractivity contribution is -0.137. The van der Waals surface area contributed by atoms with Crippen LogP contribution in [0.25, 0.3) is 0 Å². The Morgan fingerprint density at radius 1 is 1.04 bits per heavy atom. The monoisotopic (exact) mass is 344 g/mol. The summed E-state index contributed by atoms with van der Waals surface area (Å²) in [5, 5.41) is 5.23. The van der Waals surface area contributed by atoms with E-state index in [1.165, 1.54) is 12.1 Å². The van der Waals surface area contributed by atoms with Crippen LogP contribution in [-0.2, 0) is 15.8 Å². The van der Waals surface area contributed by atoms with E-state index in [4.69, 9.17) is 0 Å². The van der Waals surface area contributed by atoms with Gasteiger partial charge in [-0.3, -0.25) is 9.59 Å². The molecule has 2 N–H and O–H groups in total. The average Bonchev–Trinajstić information content (AvgIpc) is 2.42. The minimum atomic E-state index is -4.38. The van der Waals surface area contributed by atoms with Gasteiger partial charge in [0.15, 0.2) is 0 Å². The van der Waals surface area contributed by atoms with Gasteiger partial charge in [0.1, 0.15) is 0 Å². The van der Waals surface area contributed by atoms with Crippen molar-refractivity contribution in [1.29, 1.82) is 0 Å². The van der Waals surface area contributed by atoms with Crippen LogP contribution in [0.3, 0.4) is 0 Å². The van der Waals surface area contributed by atoms with Crippen molar-refractivity contribution in [3.63, 3.8) is 0 Å². The van der Waals surface area contributed by atoms with Crippen molar-refractivity contribution in [3.05, 3.63) is 35.4 Å². The van der Waals surface area contributed by atoms with E-state index in [-0.39, 0.29) is 36.2 Å². The molecule has 0 saturated heterocycles. The first-order valence-electron chi connectivity index (χ1n) is 7.63. The highest BCUT2D eigenvalue weighted by Crippen LogP contribution is 2.30. The van der Waals surface area contributed by atoms with Crippen LogP contribution in [0.5, 0.6) is 0 Å². The second-order valence-corrected chi connectivity index (χ2v) is 6.80. The number of nitrogens with one attached hydrogen (secondary N) is 2. The molecule has 0 heterocycles. The molecule has 7 heteroatoms. The van der Waals surface area contributed by atoms with Crippen molar-refractivity contribution >= 4 is 11.8 Å². The topological polar surface area (TPSA) is 58.2 Å². The molecule has 134 valence electrons. The van der Waals surface area contributed by atoms with Gasteiger partial charge in [0.2, 0.25) is 11.8 Å². The number of amides is 2. The molecular formula is C17H23F3N2O2. The number of benzene rings is 1. The molecular weight excluding hydrogens is 321 g/mol. The van der Waals surface area contributed by atoms with Gasteiger partial charge in [-0.15, -0.1) is 0 Å². The fourth-order valence-electron chi connectivity index (χ4n) is 2.11. The van der Waals surface area contributed by atoms with E-state index >= 15 is 0 Å². The average molecular weight is 344 g/mol. The second-order valence-electron chi connectivity index (χ2n) is 6.80. The maximum absolute atomic E-state index is 12.5. The maximum atomic E-state index is 12.5. The molecule has 1 rings (SSSR count). The fourth-order valence-corrected chi connectivity index (χ4v) is 2.11. The smallest absolute Gasteiger partial charge is 0.350 e. The highest BCUT2D eigenvalue weighted by atomic mass is 19.4. The third-order valence-corrected chi connectivity index (χ3v) is 3.26. The Kier molecular flexibility index (Phi) is 6.40. The lowest BCUT2D eigenvalue weighted by Gasteiger charge is -2.20. The minimum Gasteiger partial charge on any atom is -0.350 e. The zero-order chi connectivity index (χ0) is 18.5. The van der Waals surface area contributed by atoms with Gasteiger partial charge >= 0.3 is 6.18 Å². The summed E-state index contributed by atoms with van der Waals surface area (Å²) < 4.78 is 37.6. The Morgan fingerprint density at radius 3 is 2.04 bits per heavy atom. The Balaban J connectivity index is 2.51. The van der Waals surface area contributed by atoms with Gasteiger partial charge in [-0.05, 0) is 44.4 Å². The normalized spacial score (nSPS) is 13.3. The number of carbonyl (C=O) groups is 2. The van der Waals surface area contributed by atoms with E-state index in [2.05, 4.69) is 10.6 Å². The molecule has 2 amide bonds. The quantitative estimate of drug-likeness (QED) is 0.862. The molecule has 0 spiro atoms. The van der Waals surface area contributed by atoms with Crippen LogP contribution in [0.1, 0.15) is 51.2 Å². The van der Waals surface area contributed by atoms with E-state index in [0.29, 0.717) is 5.56 Å². The summed E-state index contributed by atoms with van der Waals surface area (Å²) in [5.74, 6) is -0.873. The van der Waals surface area contributed by atoms with E-state index in [1.54, 1.807) is 6.92 Å². The molecule has 1 unspecified atom stereocenters. The minimum absolute atomic E-state index is 0.0914. The highest BCUT2D eigenvalue weighted by Gasteiger charge is 2.30. The SMILES string of the molecule is CC(CC(=O)NCC(=O)NC(C)(C)C)c1ccc(C(F)(F)F)cc1. The molecule has 0 aromatic heterocycles. The standard InChI is InChI=1S/C17H23F3N2O2/c1-11(12-5-7-13(8-6-12)17(18,19)20)9-14(23)21-10-15(24)22-16(2,3)4/h5-8,11H,9-10H2,1-4H3,(H,21,23)(H,22,24). The van der Waals surface area contributed by atoms with Gasteiger partial charge in [-0.25, -0.2) is 0 Å². The molecule has 24 heavy (non-hydrogen) atoms. The van der Waals surface area contributed by atoms with Gasteiger partial charge in [0, 0.05) is 12.0 Å². The molecule has 1 aromatic carbocycles. The third kappa shape index (κ3) is 7.02. The number of halogens is 3. The van der Waals surface area contributed by atoms with E-state index in [0.717, 1.165) is 12.1 Å². The van der Waals surface area contributed by atoms with Gasteiger partial charge in [-0.1, -0.05) is 19.1 Å².